The van der Waals surface area contributed by atoms with Crippen LogP contribution in [0.1, 0.15) is 5.56 Å². The van der Waals surface area contributed by atoms with Gasteiger partial charge in [-0.15, -0.1) is 12.4 Å². The molecular formula is C7H10ClN3O. The molecule has 0 unspecified atom stereocenters. The number of pyridine rings is 1. The van der Waals surface area contributed by atoms with Crippen molar-refractivity contribution in [3.05, 3.63) is 30.1 Å². The zero-order valence-corrected chi connectivity index (χ0v) is 7.41. The lowest BCUT2D eigenvalue weighted by Gasteiger charge is -1.96. The molecule has 0 saturated heterocycles. The van der Waals surface area contributed by atoms with Crippen molar-refractivity contribution < 1.29 is 4.84 Å². The summed E-state index contributed by atoms with van der Waals surface area (Å²) in [6.45, 7) is 0. The molecule has 2 N–H and O–H groups in total. The van der Waals surface area contributed by atoms with Gasteiger partial charge in [0.05, 0.1) is 0 Å². The molecule has 0 aliphatic heterocycles. The van der Waals surface area contributed by atoms with Crippen molar-refractivity contribution >= 4 is 18.2 Å². The Balaban J connectivity index is 0.00000121. The molecule has 1 rings (SSSR count). The van der Waals surface area contributed by atoms with Gasteiger partial charge >= 0.3 is 0 Å². The average Bonchev–Trinajstić information content (AvgIpc) is 2.07. The van der Waals surface area contributed by atoms with Crippen molar-refractivity contribution in [2.24, 2.45) is 10.9 Å². The molecule has 1 aromatic heterocycles. The molecule has 0 radical (unpaired) electrons. The summed E-state index contributed by atoms with van der Waals surface area (Å²) in [5.41, 5.74) is 6.25. The van der Waals surface area contributed by atoms with Gasteiger partial charge in [0.2, 0.25) is 0 Å². The first kappa shape index (κ1) is 10.7. The highest BCUT2D eigenvalue weighted by Crippen LogP contribution is 1.94. The number of amidine groups is 1. The van der Waals surface area contributed by atoms with Crippen molar-refractivity contribution in [1.82, 2.24) is 4.98 Å². The first-order valence-electron chi connectivity index (χ1n) is 3.11. The van der Waals surface area contributed by atoms with E-state index in [0.29, 0.717) is 5.84 Å². The van der Waals surface area contributed by atoms with Crippen molar-refractivity contribution in [3.8, 4) is 0 Å². The first-order valence-corrected chi connectivity index (χ1v) is 3.11. The van der Waals surface area contributed by atoms with Gasteiger partial charge in [0.25, 0.3) is 0 Å². The number of rotatable bonds is 2. The molecule has 1 heterocycles. The van der Waals surface area contributed by atoms with Gasteiger partial charge in [-0.1, -0.05) is 5.16 Å². The van der Waals surface area contributed by atoms with Crippen LogP contribution in [-0.4, -0.2) is 17.9 Å². The zero-order valence-electron chi connectivity index (χ0n) is 6.60. The second kappa shape index (κ2) is 5.37. The number of nitrogens with two attached hydrogens (primary N) is 1. The minimum absolute atomic E-state index is 0. The molecule has 1 aromatic rings. The van der Waals surface area contributed by atoms with E-state index in [-0.39, 0.29) is 12.4 Å². The molecule has 12 heavy (non-hydrogen) atoms. The van der Waals surface area contributed by atoms with Crippen LogP contribution in [0, 0.1) is 0 Å². The van der Waals surface area contributed by atoms with Crippen LogP contribution in [-0.2, 0) is 4.84 Å². The van der Waals surface area contributed by atoms with Crippen LogP contribution >= 0.6 is 12.4 Å². The summed E-state index contributed by atoms with van der Waals surface area (Å²) in [4.78, 5) is 8.36. The summed E-state index contributed by atoms with van der Waals surface area (Å²) in [7, 11) is 1.45. The van der Waals surface area contributed by atoms with Crippen LogP contribution in [0.4, 0.5) is 0 Å². The van der Waals surface area contributed by atoms with Crippen LogP contribution in [0.15, 0.2) is 29.7 Å². The maximum Gasteiger partial charge on any atom is 0.171 e. The lowest BCUT2D eigenvalue weighted by atomic mass is 10.3. The fraction of sp³-hybridized carbons (Fsp3) is 0.143. The predicted octanol–water partition coefficient (Wildman–Crippen LogP) is 0.770. The van der Waals surface area contributed by atoms with Gasteiger partial charge in [0.15, 0.2) is 5.84 Å². The highest BCUT2D eigenvalue weighted by Gasteiger charge is 1.95. The Labute approximate surface area is 76.8 Å². The van der Waals surface area contributed by atoms with Gasteiger partial charge in [-0.2, -0.15) is 0 Å². The van der Waals surface area contributed by atoms with Crippen molar-refractivity contribution in [2.45, 2.75) is 0 Å². The van der Waals surface area contributed by atoms with Crippen LogP contribution < -0.4 is 5.73 Å². The minimum atomic E-state index is 0. The maximum atomic E-state index is 5.49. The Morgan fingerprint density at radius 3 is 2.92 bits per heavy atom. The minimum Gasteiger partial charge on any atom is -0.397 e. The first-order chi connectivity index (χ1) is 5.34. The summed E-state index contributed by atoms with van der Waals surface area (Å²) >= 11 is 0. The molecule has 0 spiro atoms. The third-order valence-electron chi connectivity index (χ3n) is 1.15. The third kappa shape index (κ3) is 2.75. The molecule has 5 heteroatoms. The zero-order chi connectivity index (χ0) is 8.10. The molecule has 0 saturated carbocycles. The molecule has 0 aromatic carbocycles. The summed E-state index contributed by atoms with van der Waals surface area (Å²) in [5.74, 6) is 0.334. The number of hydrogen-bond donors (Lipinski definition) is 1. The molecule has 0 atom stereocenters. The Morgan fingerprint density at radius 1 is 1.67 bits per heavy atom. The van der Waals surface area contributed by atoms with Gasteiger partial charge in [-0.3, -0.25) is 4.98 Å². The molecular weight excluding hydrogens is 178 g/mol. The standard InChI is InChI=1S/C7H9N3O.ClH/c1-11-10-7(8)6-3-2-4-9-5-6;/h2-5H,1H3,(H2,8,10);1H. The highest BCUT2D eigenvalue weighted by molar-refractivity contribution is 5.96. The van der Waals surface area contributed by atoms with Crippen molar-refractivity contribution in [3.63, 3.8) is 0 Å². The van der Waals surface area contributed by atoms with Crippen LogP contribution in [0.2, 0.25) is 0 Å². The van der Waals surface area contributed by atoms with E-state index in [0.717, 1.165) is 5.56 Å². The normalized spacial score (nSPS) is 10.2. The fourth-order valence-corrected chi connectivity index (χ4v) is 0.665. The molecule has 0 aliphatic rings. The quantitative estimate of drug-likeness (QED) is 0.423. The predicted molar refractivity (Wildman–Crippen MR) is 49.2 cm³/mol. The SMILES string of the molecule is CON=C(N)c1cccnc1.Cl. The Kier molecular flexibility index (Phi) is 4.79. The number of nitrogens with zero attached hydrogens (tertiary/aromatic N) is 2. The van der Waals surface area contributed by atoms with Gasteiger partial charge in [0, 0.05) is 18.0 Å². The largest absolute Gasteiger partial charge is 0.397 e. The summed E-state index contributed by atoms with van der Waals surface area (Å²) in [6, 6.07) is 3.60. The summed E-state index contributed by atoms with van der Waals surface area (Å²) in [5, 5.41) is 3.55. The molecule has 0 aliphatic carbocycles. The van der Waals surface area contributed by atoms with Crippen LogP contribution in [0.5, 0.6) is 0 Å². The molecule has 0 fully saturated rings. The molecule has 4 nitrogen and oxygen atoms in total. The van der Waals surface area contributed by atoms with E-state index >= 15 is 0 Å². The molecule has 0 bridgehead atoms. The third-order valence-corrected chi connectivity index (χ3v) is 1.15. The van der Waals surface area contributed by atoms with E-state index < -0.39 is 0 Å². The van der Waals surface area contributed by atoms with E-state index in [1.165, 1.54) is 7.11 Å². The number of halogens is 1. The van der Waals surface area contributed by atoms with E-state index in [2.05, 4.69) is 15.0 Å². The lowest BCUT2D eigenvalue weighted by Crippen LogP contribution is -2.13. The highest BCUT2D eigenvalue weighted by atomic mass is 35.5. The Bertz CT molecular complexity index is 250. The Morgan fingerprint density at radius 2 is 2.42 bits per heavy atom. The van der Waals surface area contributed by atoms with Crippen LogP contribution in [0.3, 0.4) is 0 Å². The lowest BCUT2D eigenvalue weighted by molar-refractivity contribution is 0.213. The number of aromatic nitrogens is 1. The summed E-state index contributed by atoms with van der Waals surface area (Å²) < 4.78 is 0. The van der Waals surface area contributed by atoms with E-state index in [9.17, 15) is 0 Å². The smallest absolute Gasteiger partial charge is 0.171 e. The monoisotopic (exact) mass is 187 g/mol. The fourth-order valence-electron chi connectivity index (χ4n) is 0.665. The number of hydrogen-bond acceptors (Lipinski definition) is 3. The van der Waals surface area contributed by atoms with E-state index in [4.69, 9.17) is 5.73 Å². The molecule has 66 valence electrons. The maximum absolute atomic E-state index is 5.49. The van der Waals surface area contributed by atoms with Crippen LogP contribution in [0.25, 0.3) is 0 Å². The topological polar surface area (TPSA) is 60.5 Å². The molecule has 0 amide bonds. The van der Waals surface area contributed by atoms with E-state index in [1.807, 2.05) is 6.07 Å². The van der Waals surface area contributed by atoms with Crippen molar-refractivity contribution in [2.75, 3.05) is 7.11 Å². The summed E-state index contributed by atoms with van der Waals surface area (Å²) in [6.07, 6.45) is 3.29. The second-order valence-corrected chi connectivity index (χ2v) is 1.90. The van der Waals surface area contributed by atoms with Gasteiger partial charge in [-0.05, 0) is 12.1 Å². The van der Waals surface area contributed by atoms with Gasteiger partial charge < -0.3 is 10.6 Å². The van der Waals surface area contributed by atoms with Gasteiger partial charge in [0.1, 0.15) is 7.11 Å². The van der Waals surface area contributed by atoms with E-state index in [1.54, 1.807) is 18.5 Å². The number of oxime groups is 1. The second-order valence-electron chi connectivity index (χ2n) is 1.90. The average molecular weight is 188 g/mol. The Hall–Kier alpha value is -1.29. The van der Waals surface area contributed by atoms with Gasteiger partial charge in [-0.25, -0.2) is 0 Å². The van der Waals surface area contributed by atoms with Crippen molar-refractivity contribution in [1.29, 1.82) is 0 Å².